The predicted molar refractivity (Wildman–Crippen MR) is 181 cm³/mol. The Labute approximate surface area is 298 Å². The van der Waals surface area contributed by atoms with Gasteiger partial charge in [0.05, 0.1) is 17.9 Å². The third-order valence-electron chi connectivity index (χ3n) is 7.90. The fourth-order valence-corrected chi connectivity index (χ4v) is 5.85. The van der Waals surface area contributed by atoms with Crippen LogP contribution in [0.15, 0.2) is 76.5 Å². The number of likely N-dealkylation sites (N-methyl/N-ethyl adjacent to an activating group) is 1. The van der Waals surface area contributed by atoms with Crippen molar-refractivity contribution in [2.75, 3.05) is 26.2 Å². The van der Waals surface area contributed by atoms with Gasteiger partial charge in [0.2, 0.25) is 5.91 Å². The molecular formula is C37H40F4N4O2S. The van der Waals surface area contributed by atoms with Gasteiger partial charge in [0.15, 0.2) is 5.16 Å². The van der Waals surface area contributed by atoms with E-state index in [9.17, 15) is 29.9 Å². The van der Waals surface area contributed by atoms with E-state index in [1.807, 2.05) is 18.7 Å². The van der Waals surface area contributed by atoms with Crippen molar-refractivity contribution in [2.45, 2.75) is 70.1 Å². The van der Waals surface area contributed by atoms with Crippen molar-refractivity contribution < 1.29 is 37.4 Å². The number of hydrogen-bond acceptors (Lipinski definition) is 5. The molecule has 0 spiro atoms. The Morgan fingerprint density at radius 1 is 1.02 bits per heavy atom. The van der Waals surface area contributed by atoms with Gasteiger partial charge >= 0.3 is 6.18 Å². The van der Waals surface area contributed by atoms with Gasteiger partial charge in [0, 0.05) is 39.3 Å². The molecule has 1 aliphatic rings. The van der Waals surface area contributed by atoms with E-state index in [1.165, 1.54) is 19.1 Å². The van der Waals surface area contributed by atoms with Crippen LogP contribution in [0.25, 0.3) is 11.1 Å². The molecule has 11 heteroatoms. The van der Waals surface area contributed by atoms with E-state index in [0.29, 0.717) is 31.3 Å². The zero-order valence-corrected chi connectivity index (χ0v) is 27.3. The van der Waals surface area contributed by atoms with Crippen LogP contribution >= 0.6 is 11.8 Å². The van der Waals surface area contributed by atoms with Crippen molar-refractivity contribution in [3.05, 3.63) is 116 Å². The van der Waals surface area contributed by atoms with Crippen molar-refractivity contribution in [3.8, 4) is 11.1 Å². The number of nitrogens with zero attached hydrogens (tertiary/aromatic N) is 4. The van der Waals surface area contributed by atoms with Crippen LogP contribution in [0.3, 0.4) is 0 Å². The minimum atomic E-state index is -5.25. The van der Waals surface area contributed by atoms with Gasteiger partial charge in [-0.15, -0.1) is 0 Å². The number of aromatic nitrogens is 2. The first-order chi connectivity index (χ1) is 27.4. The summed E-state index contributed by atoms with van der Waals surface area (Å²) in [7, 11) is 0. The number of carbonyl (C=O) groups excluding carboxylic acids is 1. The highest BCUT2D eigenvalue weighted by Gasteiger charge is 2.30. The Balaban J connectivity index is 1.66. The molecule has 0 bridgehead atoms. The Kier molecular flexibility index (Phi) is 7.56. The summed E-state index contributed by atoms with van der Waals surface area (Å²) in [5.41, 5.74) is -6.36. The third-order valence-corrected chi connectivity index (χ3v) is 8.69. The van der Waals surface area contributed by atoms with E-state index < -0.39 is 106 Å². The topological polar surface area (TPSA) is 58.4 Å². The van der Waals surface area contributed by atoms with Crippen molar-refractivity contribution in [1.29, 1.82) is 0 Å². The van der Waals surface area contributed by atoms with Crippen molar-refractivity contribution in [2.24, 2.45) is 0 Å². The van der Waals surface area contributed by atoms with E-state index in [4.69, 9.17) is 12.3 Å². The lowest BCUT2D eigenvalue weighted by atomic mass is 9.98. The van der Waals surface area contributed by atoms with E-state index in [0.717, 1.165) is 21.6 Å². The molecule has 4 aromatic rings. The van der Waals surface area contributed by atoms with Crippen LogP contribution in [0.5, 0.6) is 0 Å². The molecule has 5 rings (SSSR count). The summed E-state index contributed by atoms with van der Waals surface area (Å²) in [5.74, 6) is -1.84. The molecule has 0 fully saturated rings. The van der Waals surface area contributed by atoms with Crippen LogP contribution in [-0.4, -0.2) is 51.4 Å². The molecule has 254 valence electrons. The largest absolute Gasteiger partial charge is 0.416 e. The summed E-state index contributed by atoms with van der Waals surface area (Å²) in [4.78, 5) is 34.9. The number of hydrogen-bond donors (Lipinski definition) is 0. The highest BCUT2D eigenvalue weighted by Crippen LogP contribution is 2.32. The Morgan fingerprint density at radius 2 is 1.71 bits per heavy atom. The second-order valence-corrected chi connectivity index (χ2v) is 11.8. The molecule has 0 saturated heterocycles. The fraction of sp³-hybridized carbons (Fsp3) is 0.378. The maximum atomic E-state index is 14.7. The molecule has 1 heterocycles. The van der Waals surface area contributed by atoms with Crippen LogP contribution in [0.2, 0.25) is 0 Å². The minimum Gasteiger partial charge on any atom is -0.336 e. The molecule has 0 radical (unpaired) electrons. The first-order valence-corrected chi connectivity index (χ1v) is 16.1. The van der Waals surface area contributed by atoms with Gasteiger partial charge in [-0.2, -0.15) is 18.2 Å². The average Bonchev–Trinajstić information content (AvgIpc) is 3.65. The summed E-state index contributed by atoms with van der Waals surface area (Å²) in [6, 6.07) is -2.90. The van der Waals surface area contributed by atoms with Crippen LogP contribution in [-0.2, 0) is 42.6 Å². The Hall–Kier alpha value is -3.96. The number of carbonyl (C=O) groups is 1. The summed E-state index contributed by atoms with van der Waals surface area (Å²) in [6.07, 6.45) is -4.47. The highest BCUT2D eigenvalue weighted by atomic mass is 32.2. The maximum Gasteiger partial charge on any atom is 0.416 e. The van der Waals surface area contributed by atoms with Crippen LogP contribution in [0.4, 0.5) is 17.6 Å². The van der Waals surface area contributed by atoms with Crippen LogP contribution in [0.1, 0.15) is 68.9 Å². The number of amides is 1. The zero-order chi connectivity index (χ0) is 44.1. The highest BCUT2D eigenvalue weighted by molar-refractivity contribution is 7.98. The van der Waals surface area contributed by atoms with Crippen LogP contribution < -0.4 is 5.56 Å². The number of fused-ring (bicyclic) bond motifs is 1. The molecule has 1 aliphatic carbocycles. The van der Waals surface area contributed by atoms with Gasteiger partial charge in [0.1, 0.15) is 12.3 Å². The van der Waals surface area contributed by atoms with Crippen molar-refractivity contribution in [3.63, 3.8) is 0 Å². The molecule has 3 aromatic carbocycles. The molecule has 0 atom stereocenters. The second-order valence-electron chi connectivity index (χ2n) is 11.0. The monoisotopic (exact) mass is 691 g/mol. The third kappa shape index (κ3) is 8.54. The summed E-state index contributed by atoms with van der Waals surface area (Å²) in [6.45, 7) is 2.45. The molecule has 1 aromatic heterocycles. The van der Waals surface area contributed by atoms with Gasteiger partial charge < -0.3 is 14.4 Å². The summed E-state index contributed by atoms with van der Waals surface area (Å²) < 4.78 is 152. The lowest BCUT2D eigenvalue weighted by molar-refractivity contribution is -0.137. The molecule has 6 nitrogen and oxygen atoms in total. The average molecular weight is 692 g/mol. The van der Waals surface area contributed by atoms with Crippen molar-refractivity contribution >= 4 is 17.7 Å². The van der Waals surface area contributed by atoms with Gasteiger partial charge in [-0.05, 0) is 91.3 Å². The SMILES string of the molecule is [2H]c1c([2H])c(-c2c([2H])c([2H])c(C(F)(F)F)c([2H])c2[2H])c([2H])c(C)c1CN(CCN(CC)CC)C(=O)C([2H])([2H])n1c(SC([2H])([2H])c2ccc(F)cc2)nc(=O)c2c1CCC2. The molecule has 0 aliphatic heterocycles. The zero-order valence-electron chi connectivity index (χ0n) is 37.5. The molecule has 1 amide bonds. The molecule has 48 heavy (non-hydrogen) atoms. The number of alkyl halides is 3. The Bertz CT molecular complexity index is 2300. The molecule has 0 unspecified atom stereocenters. The number of rotatable bonds is 13. The Morgan fingerprint density at radius 3 is 2.38 bits per heavy atom. The quantitative estimate of drug-likeness (QED) is 0.0825. The van der Waals surface area contributed by atoms with Crippen molar-refractivity contribution in [1.82, 2.24) is 19.4 Å². The number of halogens is 4. The van der Waals surface area contributed by atoms with E-state index in [-0.39, 0.29) is 53.9 Å². The smallest absolute Gasteiger partial charge is 0.336 e. The van der Waals surface area contributed by atoms with Crippen LogP contribution in [0, 0.1) is 12.7 Å². The van der Waals surface area contributed by atoms with Gasteiger partial charge in [0.25, 0.3) is 5.56 Å². The number of thioether (sulfide) groups is 1. The van der Waals surface area contributed by atoms with E-state index >= 15 is 0 Å². The normalized spacial score (nSPS) is 16.7. The lowest BCUT2D eigenvalue weighted by Gasteiger charge is -2.28. The number of benzene rings is 3. The molecular weight excluding hydrogens is 640 g/mol. The second kappa shape index (κ2) is 15.5. The molecule has 0 N–H and O–H groups in total. The first kappa shape index (κ1) is 23.4. The standard InChI is InChI=1S/C37H40F4N4O2S/c1-4-43(5-2)19-20-44(22-29-12-11-28(21-25(29)3)27-13-15-30(16-14-27)37(39,40)41)34(46)23-45-33-8-6-7-32(33)35(47)42-36(45)48-24-26-9-17-31(38)18-10-26/h9-18,21H,4-8,19-20,22-24H2,1-3H3/i11D,12D,13D,14D,15D,16D,21D,23D2,24D2. The minimum absolute atomic E-state index is 0.0264. The lowest BCUT2D eigenvalue weighted by Crippen LogP contribution is -2.40. The maximum absolute atomic E-state index is 14.7. The molecule has 0 saturated carbocycles. The predicted octanol–water partition coefficient (Wildman–Crippen LogP) is 7.53. The summed E-state index contributed by atoms with van der Waals surface area (Å²) >= 11 is 0.356. The van der Waals surface area contributed by atoms with Gasteiger partial charge in [-0.1, -0.05) is 68.0 Å². The van der Waals surface area contributed by atoms with E-state index in [1.54, 1.807) is 0 Å². The first-order valence-electron chi connectivity index (χ1n) is 20.8. The van der Waals surface area contributed by atoms with Gasteiger partial charge in [-0.3, -0.25) is 9.59 Å². The van der Waals surface area contributed by atoms with E-state index in [2.05, 4.69) is 4.98 Å². The van der Waals surface area contributed by atoms with Gasteiger partial charge in [-0.25, -0.2) is 4.39 Å². The fourth-order valence-electron chi connectivity index (χ4n) is 5.13. The summed E-state index contributed by atoms with van der Waals surface area (Å²) in [5, 5.41) is -0.466.